The summed E-state index contributed by atoms with van der Waals surface area (Å²) in [6.45, 7) is 7.95. The van der Waals surface area contributed by atoms with Crippen LogP contribution in [0.2, 0.25) is 0 Å². The second-order valence-corrected chi connectivity index (χ2v) is 9.43. The van der Waals surface area contributed by atoms with Crippen molar-refractivity contribution in [3.8, 4) is 5.75 Å². The fourth-order valence-corrected chi connectivity index (χ4v) is 3.65. The number of rotatable bonds is 13. The molecule has 0 N–H and O–H groups in total. The summed E-state index contributed by atoms with van der Waals surface area (Å²) in [5.74, 6) is 0.253. The zero-order valence-corrected chi connectivity index (χ0v) is 17.8. The number of ether oxygens (including phenoxy) is 3. The van der Waals surface area contributed by atoms with E-state index in [0.29, 0.717) is 19.8 Å². The second kappa shape index (κ2) is 11.1. The lowest BCUT2D eigenvalue weighted by atomic mass is 9.80. The molecular weight excluding hydrogens is 376 g/mol. The zero-order chi connectivity index (χ0) is 19.6. The molecule has 0 aliphatic rings. The highest BCUT2D eigenvalue weighted by Crippen LogP contribution is 2.35. The normalized spacial score (nSPS) is 12.3. The quantitative estimate of drug-likeness (QED) is 0.356. The van der Waals surface area contributed by atoms with Crippen LogP contribution in [0.25, 0.3) is 0 Å². The molecule has 5 nitrogen and oxygen atoms in total. The molecule has 0 saturated heterocycles. The molecule has 0 heterocycles. The Hall–Kier alpha value is -0.820. The van der Waals surface area contributed by atoms with Gasteiger partial charge in [-0.15, -0.1) is 0 Å². The van der Waals surface area contributed by atoms with Crippen LogP contribution in [0.1, 0.15) is 52.0 Å². The Balaban J connectivity index is 2.87. The average molecular weight is 407 g/mol. The third-order valence-corrected chi connectivity index (χ3v) is 5.65. The SMILES string of the molecule is CCCCCC(C)(C)c1ccc(OCCOCCOC)c(S(=O)(=O)Cl)c1. The molecule has 0 fully saturated rings. The van der Waals surface area contributed by atoms with Crippen LogP contribution >= 0.6 is 10.7 Å². The predicted molar refractivity (Wildman–Crippen MR) is 105 cm³/mol. The van der Waals surface area contributed by atoms with Gasteiger partial charge in [0.25, 0.3) is 9.05 Å². The maximum Gasteiger partial charge on any atom is 0.264 e. The highest BCUT2D eigenvalue weighted by atomic mass is 35.7. The van der Waals surface area contributed by atoms with E-state index in [1.807, 2.05) is 6.07 Å². The van der Waals surface area contributed by atoms with E-state index < -0.39 is 9.05 Å². The summed E-state index contributed by atoms with van der Waals surface area (Å²) in [4.78, 5) is 0.0112. The minimum absolute atomic E-state index is 0.0112. The van der Waals surface area contributed by atoms with Gasteiger partial charge in [0, 0.05) is 17.8 Å². The first-order valence-corrected chi connectivity index (χ1v) is 11.3. The van der Waals surface area contributed by atoms with Crippen molar-refractivity contribution in [2.24, 2.45) is 0 Å². The van der Waals surface area contributed by atoms with Crippen molar-refractivity contribution in [3.05, 3.63) is 23.8 Å². The Labute approximate surface area is 162 Å². The topological polar surface area (TPSA) is 61.8 Å². The molecule has 0 aromatic heterocycles. The fourth-order valence-electron chi connectivity index (χ4n) is 2.65. The number of halogens is 1. The largest absolute Gasteiger partial charge is 0.490 e. The summed E-state index contributed by atoms with van der Waals surface area (Å²) in [5.41, 5.74) is 0.810. The van der Waals surface area contributed by atoms with Crippen LogP contribution in [-0.2, 0) is 23.9 Å². The summed E-state index contributed by atoms with van der Waals surface area (Å²) in [7, 11) is 3.33. The van der Waals surface area contributed by atoms with Gasteiger partial charge in [-0.2, -0.15) is 0 Å². The molecule has 1 aromatic carbocycles. The average Bonchev–Trinajstić information content (AvgIpc) is 2.57. The van der Waals surface area contributed by atoms with Crippen molar-refractivity contribution >= 4 is 19.7 Å². The van der Waals surface area contributed by atoms with Crippen LogP contribution in [0.15, 0.2) is 23.1 Å². The second-order valence-electron chi connectivity index (χ2n) is 6.89. The van der Waals surface area contributed by atoms with E-state index in [1.165, 1.54) is 0 Å². The molecule has 1 aromatic rings. The van der Waals surface area contributed by atoms with E-state index in [2.05, 4.69) is 20.8 Å². The molecular formula is C19H31ClO5S. The van der Waals surface area contributed by atoms with Crippen LogP contribution in [0, 0.1) is 0 Å². The first kappa shape index (κ1) is 23.2. The van der Waals surface area contributed by atoms with Crippen LogP contribution < -0.4 is 4.74 Å². The van der Waals surface area contributed by atoms with E-state index in [1.54, 1.807) is 19.2 Å². The van der Waals surface area contributed by atoms with Gasteiger partial charge in [-0.05, 0) is 29.5 Å². The smallest absolute Gasteiger partial charge is 0.264 e. The number of hydrogen-bond donors (Lipinski definition) is 0. The highest BCUT2D eigenvalue weighted by Gasteiger charge is 2.25. The van der Waals surface area contributed by atoms with Gasteiger partial charge in [-0.3, -0.25) is 0 Å². The Morgan fingerprint density at radius 2 is 1.77 bits per heavy atom. The lowest BCUT2D eigenvalue weighted by Gasteiger charge is -2.26. The van der Waals surface area contributed by atoms with E-state index >= 15 is 0 Å². The first-order valence-electron chi connectivity index (χ1n) is 9.01. The summed E-state index contributed by atoms with van der Waals surface area (Å²) in [6, 6.07) is 5.23. The Morgan fingerprint density at radius 3 is 2.38 bits per heavy atom. The third kappa shape index (κ3) is 7.82. The standard InChI is InChI=1S/C19H31ClO5S/c1-5-6-7-10-19(2,3)16-8-9-17(18(15-16)26(20,21)22)25-14-13-24-12-11-23-4/h8-9,15H,5-7,10-14H2,1-4H3. The van der Waals surface area contributed by atoms with Crippen LogP contribution in [0.5, 0.6) is 5.75 Å². The third-order valence-electron chi connectivity index (χ3n) is 4.31. The van der Waals surface area contributed by atoms with Gasteiger partial charge < -0.3 is 14.2 Å². The Bertz CT molecular complexity index is 643. The van der Waals surface area contributed by atoms with Gasteiger partial charge >= 0.3 is 0 Å². The molecule has 7 heteroatoms. The van der Waals surface area contributed by atoms with Crippen molar-refractivity contribution in [2.45, 2.75) is 56.8 Å². The van der Waals surface area contributed by atoms with E-state index in [-0.39, 0.29) is 22.7 Å². The molecule has 0 atom stereocenters. The van der Waals surface area contributed by atoms with Gasteiger partial charge in [0.1, 0.15) is 17.3 Å². The zero-order valence-electron chi connectivity index (χ0n) is 16.2. The molecule has 0 aliphatic carbocycles. The van der Waals surface area contributed by atoms with Crippen molar-refractivity contribution in [3.63, 3.8) is 0 Å². The number of unbranched alkanes of at least 4 members (excludes halogenated alkanes) is 2. The molecule has 1 rings (SSSR count). The predicted octanol–water partition coefficient (Wildman–Crippen LogP) is 4.51. The summed E-state index contributed by atoms with van der Waals surface area (Å²) < 4.78 is 39.8. The highest BCUT2D eigenvalue weighted by molar-refractivity contribution is 8.13. The van der Waals surface area contributed by atoms with Crippen LogP contribution in [-0.4, -0.2) is 42.0 Å². The van der Waals surface area contributed by atoms with Crippen molar-refractivity contribution in [1.82, 2.24) is 0 Å². The number of benzene rings is 1. The molecule has 0 bridgehead atoms. The minimum atomic E-state index is -3.91. The van der Waals surface area contributed by atoms with Gasteiger partial charge in [-0.25, -0.2) is 8.42 Å². The van der Waals surface area contributed by atoms with Gasteiger partial charge in [0.05, 0.1) is 19.8 Å². The molecule has 0 aliphatic heterocycles. The lowest BCUT2D eigenvalue weighted by molar-refractivity contribution is 0.0539. The van der Waals surface area contributed by atoms with Gasteiger partial charge in [-0.1, -0.05) is 46.1 Å². The molecule has 0 radical (unpaired) electrons. The molecule has 0 amide bonds. The van der Waals surface area contributed by atoms with Crippen molar-refractivity contribution in [2.75, 3.05) is 33.5 Å². The molecule has 150 valence electrons. The molecule has 26 heavy (non-hydrogen) atoms. The van der Waals surface area contributed by atoms with E-state index in [9.17, 15) is 8.42 Å². The summed E-state index contributed by atoms with van der Waals surface area (Å²) in [6.07, 6.45) is 4.39. The van der Waals surface area contributed by atoms with E-state index in [4.69, 9.17) is 24.9 Å². The summed E-state index contributed by atoms with van der Waals surface area (Å²) >= 11 is 0. The minimum Gasteiger partial charge on any atom is -0.490 e. The lowest BCUT2D eigenvalue weighted by Crippen LogP contribution is -2.18. The maximum atomic E-state index is 12.0. The van der Waals surface area contributed by atoms with Gasteiger partial charge in [0.2, 0.25) is 0 Å². The monoisotopic (exact) mass is 406 g/mol. The summed E-state index contributed by atoms with van der Waals surface area (Å²) in [5, 5.41) is 0. The van der Waals surface area contributed by atoms with Crippen LogP contribution in [0.3, 0.4) is 0 Å². The maximum absolute atomic E-state index is 12.0. The van der Waals surface area contributed by atoms with Crippen molar-refractivity contribution < 1.29 is 22.6 Å². The number of hydrogen-bond acceptors (Lipinski definition) is 5. The molecule has 0 spiro atoms. The fraction of sp³-hybridized carbons (Fsp3) is 0.684. The Morgan fingerprint density at radius 1 is 1.08 bits per heavy atom. The van der Waals surface area contributed by atoms with Crippen molar-refractivity contribution in [1.29, 1.82) is 0 Å². The number of methoxy groups -OCH3 is 1. The van der Waals surface area contributed by atoms with Gasteiger partial charge in [0.15, 0.2) is 0 Å². The first-order chi connectivity index (χ1) is 12.2. The molecule has 0 saturated carbocycles. The Kier molecular flexibility index (Phi) is 9.93. The molecule has 0 unspecified atom stereocenters. The van der Waals surface area contributed by atoms with E-state index in [0.717, 1.165) is 31.2 Å². The van der Waals surface area contributed by atoms with Crippen LogP contribution in [0.4, 0.5) is 0 Å².